The Morgan fingerprint density at radius 2 is 2.70 bits per heavy atom. The van der Waals surface area contributed by atoms with Crippen LogP contribution in [0.2, 0.25) is 0 Å². The highest BCUT2D eigenvalue weighted by Gasteiger charge is 1.93. The smallest absolute Gasteiger partial charge is 0.0415 e. The molecule has 0 saturated heterocycles. The highest BCUT2D eigenvalue weighted by Crippen LogP contribution is 2.12. The summed E-state index contributed by atoms with van der Waals surface area (Å²) in [7, 11) is 0. The summed E-state index contributed by atoms with van der Waals surface area (Å²) in [4.78, 5) is 3.62. The van der Waals surface area contributed by atoms with Crippen LogP contribution >= 0.6 is 15.9 Å². The Morgan fingerprint density at radius 1 is 1.80 bits per heavy atom. The van der Waals surface area contributed by atoms with Crippen LogP contribution in [-0.4, -0.2) is 4.98 Å². The van der Waals surface area contributed by atoms with Gasteiger partial charge < -0.3 is 0 Å². The summed E-state index contributed by atoms with van der Waals surface area (Å²) in [5.41, 5.74) is -0.775. The third kappa shape index (κ3) is 1.81. The second-order valence-corrected chi connectivity index (χ2v) is 2.60. The Hall–Kier alpha value is -0.370. The van der Waals surface area contributed by atoms with Crippen LogP contribution in [0.3, 0.4) is 0 Å². The number of pyridine rings is 1. The van der Waals surface area contributed by atoms with Crippen molar-refractivity contribution in [2.75, 3.05) is 0 Å². The maximum atomic E-state index is 7.55. The zero-order valence-corrected chi connectivity index (χ0v) is 6.57. The van der Waals surface area contributed by atoms with E-state index in [-0.39, 0.29) is 10.2 Å². The first-order valence-corrected chi connectivity index (χ1v) is 3.33. The van der Waals surface area contributed by atoms with Gasteiger partial charge in [0.05, 0.1) is 0 Å². The van der Waals surface area contributed by atoms with E-state index in [2.05, 4.69) is 20.9 Å². The number of aromatic nitrogens is 1. The minimum Gasteiger partial charge on any atom is -0.258 e. The molecule has 0 amide bonds. The van der Waals surface area contributed by atoms with Crippen molar-refractivity contribution in [1.82, 2.24) is 4.98 Å². The molecule has 54 valence electrons. The van der Waals surface area contributed by atoms with Gasteiger partial charge in [-0.3, -0.25) is 4.98 Å². The van der Waals surface area contributed by atoms with Crippen LogP contribution in [0, 0.1) is 6.85 Å². The van der Waals surface area contributed by atoms with Crippen LogP contribution in [0.5, 0.6) is 0 Å². The summed E-state index contributed by atoms with van der Waals surface area (Å²) in [6.45, 7) is -5.45. The van der Waals surface area contributed by atoms with Crippen molar-refractivity contribution in [1.29, 1.82) is 0 Å². The number of rotatable bonds is 1. The molecule has 1 aromatic rings. The van der Waals surface area contributed by atoms with Gasteiger partial charge in [-0.15, -0.1) is 0 Å². The molecular formula is C8H10BrN. The van der Waals surface area contributed by atoms with Crippen molar-refractivity contribution in [2.24, 2.45) is 0 Å². The van der Waals surface area contributed by atoms with Crippen molar-refractivity contribution in [3.63, 3.8) is 0 Å². The van der Waals surface area contributed by atoms with Gasteiger partial charge in [0, 0.05) is 26.8 Å². The first-order valence-electron chi connectivity index (χ1n) is 6.54. The van der Waals surface area contributed by atoms with Gasteiger partial charge in [-0.2, -0.15) is 0 Å². The van der Waals surface area contributed by atoms with E-state index in [0.29, 0.717) is 0 Å². The quantitative estimate of drug-likeness (QED) is 0.691. The van der Waals surface area contributed by atoms with E-state index in [9.17, 15) is 0 Å². The van der Waals surface area contributed by atoms with E-state index in [1.165, 1.54) is 12.1 Å². The Labute approximate surface area is 80.9 Å². The van der Waals surface area contributed by atoms with Crippen molar-refractivity contribution in [3.05, 3.63) is 28.0 Å². The lowest BCUT2D eigenvalue weighted by molar-refractivity contribution is 1.00. The summed E-state index contributed by atoms with van der Waals surface area (Å²) in [5, 5.41) is 0. The minimum atomic E-state index is -2.92. The molecule has 0 aliphatic rings. The van der Waals surface area contributed by atoms with Gasteiger partial charge >= 0.3 is 0 Å². The second-order valence-electron chi connectivity index (χ2n) is 1.68. The molecule has 0 bridgehead atoms. The Balaban J connectivity index is 3.40. The van der Waals surface area contributed by atoms with E-state index in [1.807, 2.05) is 0 Å². The normalized spacial score (nSPS) is 25.7. The highest BCUT2D eigenvalue weighted by atomic mass is 79.9. The number of nitrogens with zero attached hydrogens (tertiary/aromatic N) is 1. The third-order valence-electron chi connectivity index (χ3n) is 0.918. The van der Waals surface area contributed by atoms with Gasteiger partial charge in [0.1, 0.15) is 0 Å². The van der Waals surface area contributed by atoms with E-state index in [4.69, 9.17) is 11.0 Å². The third-order valence-corrected chi connectivity index (χ3v) is 1.38. The van der Waals surface area contributed by atoms with Crippen molar-refractivity contribution in [2.45, 2.75) is 20.1 Å². The first kappa shape index (κ1) is 2.31. The fraction of sp³-hybridized carbons (Fsp3) is 0.375. The van der Waals surface area contributed by atoms with Crippen LogP contribution in [0.4, 0.5) is 0 Å². The average Bonchev–Trinajstić information content (AvgIpc) is 2.13. The standard InChI is InChI=1S/C8H10BrN/c1-3-8-5-7(9)4-6(2)10-8/h4-5H,3H2,1-2H3/i1D3,2D3,3D2. The first-order chi connectivity index (χ1) is 7.85. The molecule has 1 nitrogen and oxygen atoms in total. The molecule has 0 atom stereocenters. The predicted molar refractivity (Wildman–Crippen MR) is 46.1 cm³/mol. The molecule has 1 rings (SSSR count). The van der Waals surface area contributed by atoms with Crippen LogP contribution < -0.4 is 0 Å². The van der Waals surface area contributed by atoms with E-state index >= 15 is 0 Å². The topological polar surface area (TPSA) is 12.9 Å². The van der Waals surface area contributed by atoms with Gasteiger partial charge in [-0.1, -0.05) is 22.8 Å². The molecule has 0 spiro atoms. The van der Waals surface area contributed by atoms with E-state index in [0.717, 1.165) is 0 Å². The lowest BCUT2D eigenvalue weighted by atomic mass is 10.3. The summed E-state index contributed by atoms with van der Waals surface area (Å²) >= 11 is 3.02. The van der Waals surface area contributed by atoms with E-state index in [1.54, 1.807) is 0 Å². The largest absolute Gasteiger partial charge is 0.258 e. The predicted octanol–water partition coefficient (Wildman–Crippen LogP) is 2.71. The second kappa shape index (κ2) is 3.15. The Kier molecular flexibility index (Phi) is 0.727. The Morgan fingerprint density at radius 3 is 3.40 bits per heavy atom. The molecule has 2 heteroatoms. The maximum absolute atomic E-state index is 7.55. The maximum Gasteiger partial charge on any atom is 0.0415 e. The van der Waals surface area contributed by atoms with Gasteiger partial charge in [0.15, 0.2) is 0 Å². The van der Waals surface area contributed by atoms with Crippen LogP contribution in [0.15, 0.2) is 16.6 Å². The minimum absolute atomic E-state index is 0.270. The fourth-order valence-electron chi connectivity index (χ4n) is 0.561. The number of aryl methyl sites for hydroxylation is 2. The van der Waals surface area contributed by atoms with Crippen LogP contribution in [0.1, 0.15) is 29.2 Å². The molecule has 0 unspecified atom stereocenters. The lowest BCUT2D eigenvalue weighted by Crippen LogP contribution is -1.88. The lowest BCUT2D eigenvalue weighted by Gasteiger charge is -1.98. The number of hydrogen-bond donors (Lipinski definition) is 0. The van der Waals surface area contributed by atoms with Crippen molar-refractivity contribution in [3.8, 4) is 0 Å². The van der Waals surface area contributed by atoms with Gasteiger partial charge in [0.25, 0.3) is 0 Å². The molecule has 0 aliphatic heterocycles. The van der Waals surface area contributed by atoms with Gasteiger partial charge in [-0.05, 0) is 25.4 Å². The van der Waals surface area contributed by atoms with Crippen molar-refractivity contribution >= 4 is 15.9 Å². The van der Waals surface area contributed by atoms with Gasteiger partial charge in [-0.25, -0.2) is 0 Å². The number of hydrogen-bond acceptors (Lipinski definition) is 1. The van der Waals surface area contributed by atoms with Crippen LogP contribution in [-0.2, 0) is 6.37 Å². The molecule has 0 fully saturated rings. The fourth-order valence-corrected chi connectivity index (χ4v) is 0.995. The van der Waals surface area contributed by atoms with Gasteiger partial charge in [0.2, 0.25) is 0 Å². The average molecular weight is 208 g/mol. The molecular weight excluding hydrogens is 190 g/mol. The zero-order chi connectivity index (χ0) is 14.4. The van der Waals surface area contributed by atoms with E-state index < -0.39 is 25.8 Å². The molecule has 0 aromatic carbocycles. The molecule has 0 saturated carbocycles. The monoisotopic (exact) mass is 207 g/mol. The summed E-state index contributed by atoms with van der Waals surface area (Å²) < 4.78 is 58.4. The number of halogens is 1. The molecule has 10 heavy (non-hydrogen) atoms. The zero-order valence-electron chi connectivity index (χ0n) is 13.0. The molecule has 1 heterocycles. The molecule has 1 aromatic heterocycles. The molecule has 0 N–H and O–H groups in total. The van der Waals surface area contributed by atoms with Crippen molar-refractivity contribution < 1.29 is 11.0 Å². The summed E-state index contributed by atoms with van der Waals surface area (Å²) in [6.07, 6.45) is -2.71. The van der Waals surface area contributed by atoms with Crippen LogP contribution in [0.25, 0.3) is 0 Å². The molecule has 0 radical (unpaired) electrons. The Bertz CT molecular complexity index is 449. The SMILES string of the molecule is [2H]C([2H])([2H])c1cc(Br)cc(C([2H])([2H])C([2H])([2H])[2H])n1. The molecule has 0 aliphatic carbocycles. The highest BCUT2D eigenvalue weighted by molar-refractivity contribution is 9.10. The summed E-state index contributed by atoms with van der Waals surface area (Å²) in [5.74, 6) is 0. The summed E-state index contributed by atoms with van der Waals surface area (Å²) in [6, 6.07) is 2.38.